The van der Waals surface area contributed by atoms with Crippen molar-refractivity contribution in [3.63, 3.8) is 0 Å². The third-order valence-corrected chi connectivity index (χ3v) is 4.22. The number of hydrogen-bond acceptors (Lipinski definition) is 3. The minimum absolute atomic E-state index is 0.0924. The number of nitrogens with two attached hydrogens (primary N) is 1. The van der Waals surface area contributed by atoms with Crippen molar-refractivity contribution in [1.29, 1.82) is 0 Å². The maximum absolute atomic E-state index is 12.6. The van der Waals surface area contributed by atoms with E-state index in [-0.39, 0.29) is 11.2 Å². The second-order valence-corrected chi connectivity index (χ2v) is 5.63. The molecule has 0 aliphatic heterocycles. The van der Waals surface area contributed by atoms with Crippen molar-refractivity contribution >= 4 is 11.4 Å². The zero-order valence-corrected chi connectivity index (χ0v) is 11.7. The number of benzene rings is 1. The summed E-state index contributed by atoms with van der Waals surface area (Å²) >= 11 is 0. The summed E-state index contributed by atoms with van der Waals surface area (Å²) in [5, 5.41) is 3.18. The molecule has 112 valence electrons. The van der Waals surface area contributed by atoms with Crippen molar-refractivity contribution in [2.75, 3.05) is 31.7 Å². The number of nitrogens with zero attached hydrogens (tertiary/aromatic N) is 1. The number of halogens is 3. The van der Waals surface area contributed by atoms with Gasteiger partial charge in [-0.05, 0) is 51.6 Å². The monoisotopic (exact) mass is 287 g/mol. The molecule has 1 aromatic rings. The third kappa shape index (κ3) is 2.85. The summed E-state index contributed by atoms with van der Waals surface area (Å²) < 4.78 is 37.7. The maximum atomic E-state index is 12.6. The van der Waals surface area contributed by atoms with Gasteiger partial charge in [-0.3, -0.25) is 0 Å². The second kappa shape index (κ2) is 5.16. The predicted molar refractivity (Wildman–Crippen MR) is 74.6 cm³/mol. The number of alkyl halides is 3. The lowest BCUT2D eigenvalue weighted by atomic mass is 9.75. The minimum atomic E-state index is -4.36. The predicted octanol–water partition coefficient (Wildman–Crippen LogP) is 3.18. The molecule has 0 bridgehead atoms. The number of hydrogen-bond donors (Lipinski definition) is 2. The van der Waals surface area contributed by atoms with E-state index in [9.17, 15) is 13.2 Å². The second-order valence-electron chi connectivity index (χ2n) is 5.63. The van der Waals surface area contributed by atoms with Gasteiger partial charge < -0.3 is 16.0 Å². The summed E-state index contributed by atoms with van der Waals surface area (Å²) in [7, 11) is 4.05. The van der Waals surface area contributed by atoms with Crippen LogP contribution in [-0.2, 0) is 6.18 Å². The molecule has 3 nitrogen and oxygen atoms in total. The average molecular weight is 287 g/mol. The minimum Gasteiger partial charge on any atom is -0.397 e. The zero-order valence-electron chi connectivity index (χ0n) is 11.7. The van der Waals surface area contributed by atoms with Crippen LogP contribution in [0, 0.1) is 0 Å². The van der Waals surface area contributed by atoms with Crippen molar-refractivity contribution in [2.24, 2.45) is 0 Å². The Morgan fingerprint density at radius 2 is 1.95 bits per heavy atom. The van der Waals surface area contributed by atoms with Crippen LogP contribution < -0.4 is 11.1 Å². The van der Waals surface area contributed by atoms with E-state index in [1.165, 1.54) is 12.5 Å². The number of anilines is 2. The number of likely N-dealkylation sites (N-methyl/N-ethyl adjacent to an activating group) is 1. The maximum Gasteiger partial charge on any atom is 0.416 e. The molecule has 0 unspecified atom stereocenters. The Balaban J connectivity index is 2.07. The normalized spacial score (nSPS) is 17.9. The standard InChI is InChI=1S/C14H20F3N3/c1-20(2)13(6-3-7-13)9-19-12-5-4-10(8-11(12)18)14(15,16)17/h4-5,8,19H,3,6-7,9,18H2,1-2H3. The van der Waals surface area contributed by atoms with Crippen LogP contribution in [0.15, 0.2) is 18.2 Å². The Morgan fingerprint density at radius 3 is 2.35 bits per heavy atom. The topological polar surface area (TPSA) is 41.3 Å². The summed E-state index contributed by atoms with van der Waals surface area (Å²) in [5.41, 5.74) is 5.78. The van der Waals surface area contributed by atoms with Gasteiger partial charge in [0.2, 0.25) is 0 Å². The Hall–Kier alpha value is -1.43. The molecular formula is C14H20F3N3. The highest BCUT2D eigenvalue weighted by Gasteiger charge is 2.39. The molecule has 0 saturated heterocycles. The Morgan fingerprint density at radius 1 is 1.30 bits per heavy atom. The van der Waals surface area contributed by atoms with E-state index in [4.69, 9.17) is 5.73 Å². The van der Waals surface area contributed by atoms with E-state index in [0.29, 0.717) is 12.2 Å². The highest BCUT2D eigenvalue weighted by Crippen LogP contribution is 2.37. The molecular weight excluding hydrogens is 267 g/mol. The molecule has 0 heterocycles. The molecule has 0 radical (unpaired) electrons. The lowest BCUT2D eigenvalue weighted by molar-refractivity contribution is -0.137. The molecule has 3 N–H and O–H groups in total. The van der Waals surface area contributed by atoms with E-state index in [1.807, 2.05) is 14.1 Å². The average Bonchev–Trinajstić information content (AvgIpc) is 2.27. The van der Waals surface area contributed by atoms with E-state index in [1.54, 1.807) is 0 Å². The van der Waals surface area contributed by atoms with Crippen LogP contribution >= 0.6 is 0 Å². The third-order valence-electron chi connectivity index (χ3n) is 4.22. The summed E-state index contributed by atoms with van der Waals surface area (Å²) in [6.07, 6.45) is -0.991. The van der Waals surface area contributed by atoms with E-state index in [2.05, 4.69) is 10.2 Å². The Bertz CT molecular complexity index is 479. The van der Waals surface area contributed by atoms with Crippen LogP contribution in [0.5, 0.6) is 0 Å². The first-order valence-corrected chi connectivity index (χ1v) is 6.63. The van der Waals surface area contributed by atoms with Crippen molar-refractivity contribution in [1.82, 2.24) is 4.90 Å². The molecule has 2 rings (SSSR count). The number of nitrogen functional groups attached to an aromatic ring is 1. The van der Waals surface area contributed by atoms with Gasteiger partial charge in [0.15, 0.2) is 0 Å². The van der Waals surface area contributed by atoms with Crippen molar-refractivity contribution in [3.8, 4) is 0 Å². The molecule has 0 spiro atoms. The molecule has 1 aliphatic carbocycles. The zero-order chi connectivity index (χ0) is 15.0. The van der Waals surface area contributed by atoms with Crippen LogP contribution in [0.4, 0.5) is 24.5 Å². The number of rotatable bonds is 4. The molecule has 6 heteroatoms. The molecule has 0 amide bonds. The lowest BCUT2D eigenvalue weighted by Gasteiger charge is -2.47. The fourth-order valence-corrected chi connectivity index (χ4v) is 2.53. The molecule has 1 saturated carbocycles. The smallest absolute Gasteiger partial charge is 0.397 e. The van der Waals surface area contributed by atoms with Crippen LogP contribution in [0.25, 0.3) is 0 Å². The van der Waals surface area contributed by atoms with E-state index >= 15 is 0 Å². The molecule has 0 atom stereocenters. The first-order chi connectivity index (χ1) is 9.24. The molecule has 1 fully saturated rings. The van der Waals surface area contributed by atoms with Gasteiger partial charge in [0.1, 0.15) is 0 Å². The Labute approximate surface area is 116 Å². The van der Waals surface area contributed by atoms with E-state index < -0.39 is 11.7 Å². The molecule has 1 aromatic carbocycles. The van der Waals surface area contributed by atoms with Crippen molar-refractivity contribution in [2.45, 2.75) is 31.0 Å². The van der Waals surface area contributed by atoms with Gasteiger partial charge in [0.05, 0.1) is 16.9 Å². The van der Waals surface area contributed by atoms with Crippen molar-refractivity contribution < 1.29 is 13.2 Å². The summed E-state index contributed by atoms with van der Waals surface area (Å²) in [5.74, 6) is 0. The summed E-state index contributed by atoms with van der Waals surface area (Å²) in [6, 6.07) is 3.44. The van der Waals surface area contributed by atoms with Gasteiger partial charge in [-0.1, -0.05) is 0 Å². The fourth-order valence-electron chi connectivity index (χ4n) is 2.53. The first-order valence-electron chi connectivity index (χ1n) is 6.63. The molecule has 0 aromatic heterocycles. The Kier molecular flexibility index (Phi) is 3.86. The van der Waals surface area contributed by atoms with Gasteiger partial charge in [0.25, 0.3) is 0 Å². The molecule has 1 aliphatic rings. The fraction of sp³-hybridized carbons (Fsp3) is 0.571. The SMILES string of the molecule is CN(C)C1(CNc2ccc(C(F)(F)F)cc2N)CCC1. The van der Waals surface area contributed by atoms with Crippen LogP contribution in [0.3, 0.4) is 0 Å². The van der Waals surface area contributed by atoms with Gasteiger partial charge >= 0.3 is 6.18 Å². The quantitative estimate of drug-likeness (QED) is 0.836. The van der Waals surface area contributed by atoms with Gasteiger partial charge in [-0.15, -0.1) is 0 Å². The molecule has 20 heavy (non-hydrogen) atoms. The van der Waals surface area contributed by atoms with Gasteiger partial charge in [-0.25, -0.2) is 0 Å². The van der Waals surface area contributed by atoms with Crippen molar-refractivity contribution in [3.05, 3.63) is 23.8 Å². The summed E-state index contributed by atoms with van der Waals surface area (Å²) in [6.45, 7) is 0.690. The van der Waals surface area contributed by atoms with Crippen LogP contribution in [0.2, 0.25) is 0 Å². The number of nitrogens with one attached hydrogen (secondary N) is 1. The largest absolute Gasteiger partial charge is 0.416 e. The van der Waals surface area contributed by atoms with Crippen LogP contribution in [0.1, 0.15) is 24.8 Å². The van der Waals surface area contributed by atoms with Gasteiger partial charge in [0, 0.05) is 12.1 Å². The highest BCUT2D eigenvalue weighted by atomic mass is 19.4. The van der Waals surface area contributed by atoms with Gasteiger partial charge in [-0.2, -0.15) is 13.2 Å². The van der Waals surface area contributed by atoms with E-state index in [0.717, 1.165) is 25.0 Å². The summed E-state index contributed by atoms with van der Waals surface area (Å²) in [4.78, 5) is 2.17. The first kappa shape index (κ1) is 15.0. The van der Waals surface area contributed by atoms with Crippen LogP contribution in [-0.4, -0.2) is 31.1 Å². The highest BCUT2D eigenvalue weighted by molar-refractivity contribution is 5.67. The lowest BCUT2D eigenvalue weighted by Crippen LogP contribution is -2.54.